The lowest BCUT2D eigenvalue weighted by Gasteiger charge is -2.25. The van der Waals surface area contributed by atoms with Crippen molar-refractivity contribution < 1.29 is 4.79 Å². The molecule has 1 unspecified atom stereocenters. The van der Waals surface area contributed by atoms with Gasteiger partial charge in [0.1, 0.15) is 0 Å². The maximum absolute atomic E-state index is 11.8. The molecule has 126 valence electrons. The Kier molecular flexibility index (Phi) is 10.4. The van der Waals surface area contributed by atoms with Crippen LogP contribution in [-0.4, -0.2) is 44.5 Å². The van der Waals surface area contributed by atoms with E-state index >= 15 is 0 Å². The maximum Gasteiger partial charge on any atom is 0.234 e. The van der Waals surface area contributed by atoms with E-state index in [0.29, 0.717) is 13.1 Å². The molecule has 1 aliphatic rings. The molecule has 1 fully saturated rings. The van der Waals surface area contributed by atoms with Crippen LogP contribution in [-0.2, 0) is 4.79 Å². The molecule has 1 aliphatic carbocycles. The average Bonchev–Trinajstić information content (AvgIpc) is 3.24. The highest BCUT2D eigenvalue weighted by Gasteiger charge is 2.20. The number of benzene rings is 1. The van der Waals surface area contributed by atoms with Crippen molar-refractivity contribution in [3.63, 3.8) is 0 Å². The largest absolute Gasteiger partial charge is 0.353 e. The lowest BCUT2D eigenvalue weighted by Crippen LogP contribution is -2.39. The second-order valence-electron chi connectivity index (χ2n) is 5.77. The van der Waals surface area contributed by atoms with E-state index < -0.39 is 0 Å². The van der Waals surface area contributed by atoms with Crippen LogP contribution in [0.3, 0.4) is 0 Å². The SMILES string of the molecule is CN(C)C(CNC(=O)CNCC1CC1)c1ccccc1.Cl.Cl. The van der Waals surface area contributed by atoms with E-state index in [1.165, 1.54) is 18.4 Å². The van der Waals surface area contributed by atoms with Crippen LogP contribution in [0.25, 0.3) is 0 Å². The lowest BCUT2D eigenvalue weighted by atomic mass is 10.1. The van der Waals surface area contributed by atoms with E-state index in [-0.39, 0.29) is 36.8 Å². The summed E-state index contributed by atoms with van der Waals surface area (Å²) in [4.78, 5) is 13.9. The van der Waals surface area contributed by atoms with Crippen molar-refractivity contribution in [1.29, 1.82) is 0 Å². The molecule has 0 spiro atoms. The third-order valence-electron chi connectivity index (χ3n) is 3.72. The standard InChI is InChI=1S/C16H25N3O.2ClH/c1-19(2)15(14-6-4-3-5-7-14)11-18-16(20)12-17-10-13-8-9-13;;/h3-7,13,15,17H,8-12H2,1-2H3,(H,18,20);2*1H. The summed E-state index contributed by atoms with van der Waals surface area (Å²) in [6, 6.07) is 10.5. The zero-order chi connectivity index (χ0) is 14.4. The van der Waals surface area contributed by atoms with Crippen molar-refractivity contribution in [3.05, 3.63) is 35.9 Å². The molecular weight excluding hydrogens is 321 g/mol. The van der Waals surface area contributed by atoms with Crippen LogP contribution >= 0.6 is 24.8 Å². The van der Waals surface area contributed by atoms with E-state index in [9.17, 15) is 4.79 Å². The molecule has 1 aromatic rings. The van der Waals surface area contributed by atoms with E-state index in [4.69, 9.17) is 0 Å². The topological polar surface area (TPSA) is 44.4 Å². The Hall–Kier alpha value is -0.810. The Balaban J connectivity index is 0.00000220. The highest BCUT2D eigenvalue weighted by Crippen LogP contribution is 2.27. The average molecular weight is 348 g/mol. The first-order chi connectivity index (χ1) is 9.66. The molecule has 2 N–H and O–H groups in total. The molecule has 1 aromatic carbocycles. The monoisotopic (exact) mass is 347 g/mol. The molecule has 0 aromatic heterocycles. The Morgan fingerprint density at radius 3 is 2.41 bits per heavy atom. The highest BCUT2D eigenvalue weighted by molar-refractivity contribution is 5.85. The van der Waals surface area contributed by atoms with Crippen LogP contribution in [0.4, 0.5) is 0 Å². The summed E-state index contributed by atoms with van der Waals surface area (Å²) < 4.78 is 0. The van der Waals surface area contributed by atoms with E-state index in [2.05, 4.69) is 27.7 Å². The Morgan fingerprint density at radius 2 is 1.86 bits per heavy atom. The molecule has 0 aliphatic heterocycles. The quantitative estimate of drug-likeness (QED) is 0.757. The molecule has 1 saturated carbocycles. The van der Waals surface area contributed by atoms with Crippen LogP contribution < -0.4 is 10.6 Å². The Morgan fingerprint density at radius 1 is 1.23 bits per heavy atom. The zero-order valence-corrected chi connectivity index (χ0v) is 14.9. The van der Waals surface area contributed by atoms with Crippen LogP contribution in [0.1, 0.15) is 24.4 Å². The van der Waals surface area contributed by atoms with Gasteiger partial charge in [0.2, 0.25) is 5.91 Å². The fourth-order valence-electron chi connectivity index (χ4n) is 2.26. The molecule has 0 bridgehead atoms. The number of hydrogen-bond donors (Lipinski definition) is 2. The molecule has 0 radical (unpaired) electrons. The fourth-order valence-corrected chi connectivity index (χ4v) is 2.26. The summed E-state index contributed by atoms with van der Waals surface area (Å²) in [5, 5.41) is 6.23. The minimum absolute atomic E-state index is 0. The number of nitrogens with zero attached hydrogens (tertiary/aromatic N) is 1. The summed E-state index contributed by atoms with van der Waals surface area (Å²) >= 11 is 0. The van der Waals surface area contributed by atoms with E-state index in [1.807, 2.05) is 32.3 Å². The Bertz CT molecular complexity index is 425. The minimum atomic E-state index is 0. The number of amides is 1. The van der Waals surface area contributed by atoms with Gasteiger partial charge in [-0.1, -0.05) is 30.3 Å². The van der Waals surface area contributed by atoms with Crippen molar-refractivity contribution >= 4 is 30.7 Å². The molecule has 0 heterocycles. The number of carbonyl (C=O) groups excluding carboxylic acids is 1. The third-order valence-corrected chi connectivity index (χ3v) is 3.72. The third kappa shape index (κ3) is 7.45. The second kappa shape index (κ2) is 10.8. The minimum Gasteiger partial charge on any atom is -0.353 e. The van der Waals surface area contributed by atoms with Gasteiger partial charge < -0.3 is 15.5 Å². The predicted octanol–water partition coefficient (Wildman–Crippen LogP) is 2.25. The van der Waals surface area contributed by atoms with Crippen LogP contribution in [0, 0.1) is 5.92 Å². The number of rotatable bonds is 8. The lowest BCUT2D eigenvalue weighted by molar-refractivity contribution is -0.120. The second-order valence-corrected chi connectivity index (χ2v) is 5.77. The van der Waals surface area contributed by atoms with Gasteiger partial charge in [-0.25, -0.2) is 0 Å². The molecule has 6 heteroatoms. The number of nitrogens with one attached hydrogen (secondary N) is 2. The van der Waals surface area contributed by atoms with Gasteiger partial charge in [0.25, 0.3) is 0 Å². The Labute approximate surface area is 145 Å². The number of likely N-dealkylation sites (N-methyl/N-ethyl adjacent to an activating group) is 1. The molecule has 2 rings (SSSR count). The van der Waals surface area contributed by atoms with Gasteiger partial charge in [-0.2, -0.15) is 0 Å². The van der Waals surface area contributed by atoms with Crippen molar-refractivity contribution in [2.75, 3.05) is 33.7 Å². The predicted molar refractivity (Wildman–Crippen MR) is 96.0 cm³/mol. The van der Waals surface area contributed by atoms with Crippen molar-refractivity contribution in [2.24, 2.45) is 5.92 Å². The van der Waals surface area contributed by atoms with E-state index in [0.717, 1.165) is 12.5 Å². The summed E-state index contributed by atoms with van der Waals surface area (Å²) in [5.74, 6) is 0.884. The van der Waals surface area contributed by atoms with Gasteiger partial charge in [-0.15, -0.1) is 24.8 Å². The molecular formula is C16H27Cl2N3O. The molecule has 22 heavy (non-hydrogen) atoms. The first-order valence-corrected chi connectivity index (χ1v) is 7.35. The van der Waals surface area contributed by atoms with Gasteiger partial charge >= 0.3 is 0 Å². The maximum atomic E-state index is 11.8. The van der Waals surface area contributed by atoms with Gasteiger partial charge in [-0.3, -0.25) is 4.79 Å². The van der Waals surface area contributed by atoms with Gasteiger partial charge in [0, 0.05) is 6.54 Å². The first kappa shape index (κ1) is 21.2. The smallest absolute Gasteiger partial charge is 0.234 e. The van der Waals surface area contributed by atoms with Crippen molar-refractivity contribution in [1.82, 2.24) is 15.5 Å². The number of carbonyl (C=O) groups is 1. The first-order valence-electron chi connectivity index (χ1n) is 7.35. The van der Waals surface area contributed by atoms with E-state index in [1.54, 1.807) is 0 Å². The summed E-state index contributed by atoms with van der Waals surface area (Å²) in [6.45, 7) is 2.04. The highest BCUT2D eigenvalue weighted by atomic mass is 35.5. The van der Waals surface area contributed by atoms with Crippen LogP contribution in [0.15, 0.2) is 30.3 Å². The normalized spacial score (nSPS) is 14.7. The zero-order valence-electron chi connectivity index (χ0n) is 13.2. The van der Waals surface area contributed by atoms with Gasteiger partial charge in [-0.05, 0) is 45.0 Å². The fraction of sp³-hybridized carbons (Fsp3) is 0.562. The summed E-state index contributed by atoms with van der Waals surface area (Å²) in [6.07, 6.45) is 2.62. The van der Waals surface area contributed by atoms with Gasteiger partial charge in [0.15, 0.2) is 0 Å². The van der Waals surface area contributed by atoms with Crippen LogP contribution in [0.2, 0.25) is 0 Å². The van der Waals surface area contributed by atoms with Gasteiger partial charge in [0.05, 0.1) is 12.6 Å². The summed E-state index contributed by atoms with van der Waals surface area (Å²) in [7, 11) is 4.07. The number of halogens is 2. The molecule has 0 saturated heterocycles. The molecule has 1 atom stereocenters. The van der Waals surface area contributed by atoms with Crippen molar-refractivity contribution in [3.8, 4) is 0 Å². The van der Waals surface area contributed by atoms with Crippen LogP contribution in [0.5, 0.6) is 0 Å². The summed E-state index contributed by atoms with van der Waals surface area (Å²) in [5.41, 5.74) is 1.23. The number of hydrogen-bond acceptors (Lipinski definition) is 3. The molecule has 1 amide bonds. The molecule has 4 nitrogen and oxygen atoms in total. The van der Waals surface area contributed by atoms with Crippen molar-refractivity contribution in [2.45, 2.75) is 18.9 Å².